The fourth-order valence-electron chi connectivity index (χ4n) is 1.57. The lowest BCUT2D eigenvalue weighted by Crippen LogP contribution is -2.47. The molecule has 22 heavy (non-hydrogen) atoms. The van der Waals surface area contributed by atoms with Gasteiger partial charge >= 0.3 is 6.09 Å². The van der Waals surface area contributed by atoms with Gasteiger partial charge in [0.25, 0.3) is 0 Å². The molecule has 2 amide bonds. The van der Waals surface area contributed by atoms with Crippen LogP contribution in [0.1, 0.15) is 12.0 Å². The van der Waals surface area contributed by atoms with Gasteiger partial charge in [0.15, 0.2) is 0 Å². The van der Waals surface area contributed by atoms with E-state index in [1.54, 1.807) is 18.2 Å². The Morgan fingerprint density at radius 2 is 1.95 bits per heavy atom. The number of benzene rings is 1. The Kier molecular flexibility index (Phi) is 8.11. The number of rotatable bonds is 7. The van der Waals surface area contributed by atoms with Crippen LogP contribution in [0.15, 0.2) is 30.3 Å². The van der Waals surface area contributed by atoms with Crippen molar-refractivity contribution >= 4 is 35.2 Å². The zero-order valence-electron chi connectivity index (χ0n) is 11.6. The zero-order valence-corrected chi connectivity index (χ0v) is 13.1. The molecule has 0 aliphatic rings. The van der Waals surface area contributed by atoms with Crippen LogP contribution in [0.4, 0.5) is 4.79 Å². The minimum Gasteiger partial charge on any atom is -0.445 e. The molecule has 6 nitrogen and oxygen atoms in total. The third kappa shape index (κ3) is 7.16. The minimum absolute atomic E-state index is 0.000804. The second-order valence-electron chi connectivity index (χ2n) is 4.26. The van der Waals surface area contributed by atoms with Gasteiger partial charge in [0.05, 0.1) is 6.07 Å². The van der Waals surface area contributed by atoms with Crippen molar-refractivity contribution in [1.82, 2.24) is 10.6 Å². The molecule has 0 radical (unpaired) electrons. The van der Waals surface area contributed by atoms with Gasteiger partial charge in [-0.3, -0.25) is 4.79 Å². The van der Waals surface area contributed by atoms with E-state index in [0.717, 1.165) is 5.56 Å². The van der Waals surface area contributed by atoms with Crippen LogP contribution < -0.4 is 10.6 Å². The van der Waals surface area contributed by atoms with Crippen molar-refractivity contribution in [1.29, 1.82) is 5.26 Å². The molecule has 8 heteroatoms. The van der Waals surface area contributed by atoms with Gasteiger partial charge in [-0.2, -0.15) is 5.26 Å². The van der Waals surface area contributed by atoms with E-state index in [9.17, 15) is 9.59 Å². The number of nitriles is 1. The van der Waals surface area contributed by atoms with Crippen molar-refractivity contribution in [2.75, 3.05) is 6.54 Å². The van der Waals surface area contributed by atoms with Crippen LogP contribution in [0, 0.1) is 11.3 Å². The third-order valence-electron chi connectivity index (χ3n) is 2.58. The highest BCUT2D eigenvalue weighted by Crippen LogP contribution is 2.11. The van der Waals surface area contributed by atoms with E-state index >= 15 is 0 Å². The normalized spacial score (nSPS) is 11.4. The van der Waals surface area contributed by atoms with Crippen LogP contribution in [-0.4, -0.2) is 29.4 Å². The van der Waals surface area contributed by atoms with E-state index < -0.39 is 22.9 Å². The topological polar surface area (TPSA) is 91.2 Å². The number of hydrogen-bond acceptors (Lipinski definition) is 4. The molecule has 0 aromatic heterocycles. The van der Waals surface area contributed by atoms with Crippen molar-refractivity contribution in [2.45, 2.75) is 23.9 Å². The number of alkyl carbamates (subject to hydrolysis) is 1. The third-order valence-corrected chi connectivity index (χ3v) is 2.93. The monoisotopic (exact) mass is 343 g/mol. The van der Waals surface area contributed by atoms with Gasteiger partial charge in [0.2, 0.25) is 5.91 Å². The van der Waals surface area contributed by atoms with E-state index in [0.29, 0.717) is 0 Å². The maximum atomic E-state index is 11.8. The molecule has 0 heterocycles. The van der Waals surface area contributed by atoms with Crippen molar-refractivity contribution in [2.24, 2.45) is 0 Å². The lowest BCUT2D eigenvalue weighted by Gasteiger charge is -2.18. The van der Waals surface area contributed by atoms with Crippen molar-refractivity contribution in [3.8, 4) is 6.07 Å². The molecule has 1 atom stereocenters. The zero-order chi connectivity index (χ0) is 16.4. The standard InChI is InChI=1S/C14H15Cl2N3O3/c15-12(16)8-11(13(20)18-7-6-17)19-14(21)22-9-10-4-2-1-3-5-10/h1-5,11-12H,7-9H2,(H,18,20)(H,19,21). The summed E-state index contributed by atoms with van der Waals surface area (Å²) in [6.45, 7) is -0.101. The molecule has 0 spiro atoms. The van der Waals surface area contributed by atoms with Crippen LogP contribution in [0.3, 0.4) is 0 Å². The second kappa shape index (κ2) is 9.87. The Labute approximate surface area is 138 Å². The predicted molar refractivity (Wildman–Crippen MR) is 82.3 cm³/mol. The number of nitrogens with one attached hydrogen (secondary N) is 2. The van der Waals surface area contributed by atoms with Gasteiger partial charge in [-0.25, -0.2) is 4.79 Å². The summed E-state index contributed by atoms with van der Waals surface area (Å²) in [6, 6.07) is 9.88. The molecule has 0 saturated carbocycles. The molecule has 1 aromatic carbocycles. The quantitative estimate of drug-likeness (QED) is 0.585. The van der Waals surface area contributed by atoms with Crippen molar-refractivity contribution < 1.29 is 14.3 Å². The Morgan fingerprint density at radius 1 is 1.27 bits per heavy atom. The van der Waals surface area contributed by atoms with Gasteiger partial charge in [-0.15, -0.1) is 23.2 Å². The summed E-state index contributed by atoms with van der Waals surface area (Å²) in [5, 5.41) is 13.1. The van der Waals surface area contributed by atoms with Gasteiger partial charge in [-0.05, 0) is 5.56 Å². The number of hydrogen-bond donors (Lipinski definition) is 2. The molecule has 0 bridgehead atoms. The van der Waals surface area contributed by atoms with Gasteiger partial charge in [-0.1, -0.05) is 30.3 Å². The summed E-state index contributed by atoms with van der Waals surface area (Å²) < 4.78 is 5.01. The first-order chi connectivity index (χ1) is 10.5. The smallest absolute Gasteiger partial charge is 0.408 e. The second-order valence-corrected chi connectivity index (χ2v) is 5.54. The molecule has 2 N–H and O–H groups in total. The molecule has 0 fully saturated rings. The predicted octanol–water partition coefficient (Wildman–Crippen LogP) is 2.11. The lowest BCUT2D eigenvalue weighted by molar-refractivity contribution is -0.122. The first kappa shape index (κ1) is 18.1. The summed E-state index contributed by atoms with van der Waals surface area (Å²) >= 11 is 11.3. The number of alkyl halides is 2. The van der Waals surface area contributed by atoms with E-state index in [1.165, 1.54) is 0 Å². The number of carbonyl (C=O) groups excluding carboxylic acids is 2. The fourth-order valence-corrected chi connectivity index (χ4v) is 1.92. The van der Waals surface area contributed by atoms with Crippen molar-refractivity contribution in [3.63, 3.8) is 0 Å². The molecule has 0 saturated heterocycles. The number of amides is 2. The van der Waals surface area contributed by atoms with Crippen LogP contribution >= 0.6 is 23.2 Å². The first-order valence-corrected chi connectivity index (χ1v) is 7.30. The molecule has 1 aromatic rings. The maximum Gasteiger partial charge on any atom is 0.408 e. The number of halogens is 2. The molecule has 1 rings (SSSR count). The summed E-state index contributed by atoms with van der Waals surface area (Å²) in [4.78, 5) is 22.7. The van der Waals surface area contributed by atoms with Crippen LogP contribution in [0.5, 0.6) is 0 Å². The van der Waals surface area contributed by atoms with Gasteiger partial charge < -0.3 is 15.4 Å². The van der Waals surface area contributed by atoms with Crippen LogP contribution in [0.25, 0.3) is 0 Å². The largest absolute Gasteiger partial charge is 0.445 e. The number of nitrogens with zero attached hydrogens (tertiary/aromatic N) is 1. The Morgan fingerprint density at radius 3 is 2.55 bits per heavy atom. The fraction of sp³-hybridized carbons (Fsp3) is 0.357. The van der Waals surface area contributed by atoms with E-state index in [4.69, 9.17) is 33.2 Å². The summed E-state index contributed by atoms with van der Waals surface area (Å²) in [5.41, 5.74) is 0.815. The molecule has 118 valence electrons. The average Bonchev–Trinajstić information content (AvgIpc) is 2.50. The number of carbonyl (C=O) groups is 2. The Balaban J connectivity index is 2.51. The van der Waals surface area contributed by atoms with E-state index in [2.05, 4.69) is 10.6 Å². The Bertz CT molecular complexity index is 532. The highest BCUT2D eigenvalue weighted by molar-refractivity contribution is 6.44. The molecular formula is C14H15Cl2N3O3. The molecular weight excluding hydrogens is 329 g/mol. The average molecular weight is 344 g/mol. The molecule has 0 aliphatic heterocycles. The van der Waals surface area contributed by atoms with E-state index in [-0.39, 0.29) is 19.6 Å². The van der Waals surface area contributed by atoms with Crippen LogP contribution in [0.2, 0.25) is 0 Å². The number of ether oxygens (including phenoxy) is 1. The van der Waals surface area contributed by atoms with Crippen LogP contribution in [-0.2, 0) is 16.1 Å². The first-order valence-electron chi connectivity index (χ1n) is 6.43. The van der Waals surface area contributed by atoms with Gasteiger partial charge in [0.1, 0.15) is 24.0 Å². The highest BCUT2D eigenvalue weighted by Gasteiger charge is 2.23. The van der Waals surface area contributed by atoms with E-state index in [1.807, 2.05) is 18.2 Å². The Hall–Kier alpha value is -1.97. The SMILES string of the molecule is N#CCNC(=O)C(CC(Cl)Cl)NC(=O)OCc1ccccc1. The molecule has 1 unspecified atom stereocenters. The maximum absolute atomic E-state index is 11.8. The molecule has 0 aliphatic carbocycles. The van der Waals surface area contributed by atoms with Gasteiger partial charge in [0, 0.05) is 6.42 Å². The van der Waals surface area contributed by atoms with Crippen molar-refractivity contribution in [3.05, 3.63) is 35.9 Å². The lowest BCUT2D eigenvalue weighted by atomic mass is 10.2. The highest BCUT2D eigenvalue weighted by atomic mass is 35.5. The minimum atomic E-state index is -0.975. The summed E-state index contributed by atoms with van der Waals surface area (Å²) in [7, 11) is 0. The summed E-state index contributed by atoms with van der Waals surface area (Å²) in [6.07, 6.45) is -0.768. The summed E-state index contributed by atoms with van der Waals surface area (Å²) in [5.74, 6) is -0.551.